The van der Waals surface area contributed by atoms with Gasteiger partial charge in [-0.3, -0.25) is 0 Å². The molecule has 3 aromatic rings. The molecule has 0 radical (unpaired) electrons. The number of rotatable bonds is 5. The maximum atomic E-state index is 12.8. The molecule has 2 aromatic heterocycles. The Labute approximate surface area is 147 Å². The van der Waals surface area contributed by atoms with E-state index in [1.807, 2.05) is 6.07 Å². The van der Waals surface area contributed by atoms with Gasteiger partial charge in [0, 0.05) is 37.6 Å². The molecule has 0 spiro atoms. The van der Waals surface area contributed by atoms with Gasteiger partial charge in [-0.05, 0) is 18.2 Å². The minimum Gasteiger partial charge on any atom is -0.438 e. The van der Waals surface area contributed by atoms with E-state index in [1.165, 1.54) is 17.8 Å². The van der Waals surface area contributed by atoms with Gasteiger partial charge < -0.3 is 10.5 Å². The fourth-order valence-corrected chi connectivity index (χ4v) is 2.25. The van der Waals surface area contributed by atoms with Gasteiger partial charge in [0.15, 0.2) is 5.82 Å². The number of halogens is 2. The molecular weight excluding hydrogens is 342 g/mol. The van der Waals surface area contributed by atoms with Crippen molar-refractivity contribution in [2.45, 2.75) is 13.0 Å². The van der Waals surface area contributed by atoms with Gasteiger partial charge in [-0.25, -0.2) is 23.4 Å². The van der Waals surface area contributed by atoms with Gasteiger partial charge in [-0.1, -0.05) is 0 Å². The van der Waals surface area contributed by atoms with Gasteiger partial charge in [0.25, 0.3) is 6.43 Å². The molecule has 0 saturated heterocycles. The minimum atomic E-state index is -2.71. The van der Waals surface area contributed by atoms with Gasteiger partial charge in [0.1, 0.15) is 11.4 Å². The SMILES string of the molecule is Cn1nc(C(F)F)cc1Oc1cc(C#N)ccc1-c1ncc(CN)cn1. The third-order valence-electron chi connectivity index (χ3n) is 3.59. The Morgan fingerprint density at radius 3 is 2.58 bits per heavy atom. The van der Waals surface area contributed by atoms with E-state index in [-0.39, 0.29) is 11.6 Å². The van der Waals surface area contributed by atoms with E-state index < -0.39 is 12.1 Å². The number of nitrogens with zero attached hydrogens (tertiary/aromatic N) is 5. The second kappa shape index (κ2) is 7.25. The van der Waals surface area contributed by atoms with E-state index in [9.17, 15) is 8.78 Å². The first kappa shape index (κ1) is 17.4. The summed E-state index contributed by atoms with van der Waals surface area (Å²) in [6, 6.07) is 7.87. The van der Waals surface area contributed by atoms with Crippen molar-refractivity contribution in [2.75, 3.05) is 0 Å². The van der Waals surface area contributed by atoms with Crippen LogP contribution in [0.2, 0.25) is 0 Å². The maximum Gasteiger partial charge on any atom is 0.282 e. The number of benzene rings is 1. The predicted octanol–water partition coefficient (Wildman–Crippen LogP) is 2.94. The molecule has 0 aliphatic carbocycles. The van der Waals surface area contributed by atoms with Gasteiger partial charge in [0.05, 0.1) is 17.2 Å². The molecule has 132 valence electrons. The van der Waals surface area contributed by atoms with Crippen molar-refractivity contribution in [3.05, 3.63) is 53.5 Å². The van der Waals surface area contributed by atoms with E-state index in [4.69, 9.17) is 15.7 Å². The number of nitrogens with two attached hydrogens (primary N) is 1. The molecule has 0 fully saturated rings. The van der Waals surface area contributed by atoms with Gasteiger partial charge in [0.2, 0.25) is 5.88 Å². The Kier molecular flexibility index (Phi) is 4.86. The molecule has 2 heterocycles. The van der Waals surface area contributed by atoms with E-state index in [0.29, 0.717) is 23.5 Å². The Bertz CT molecular complexity index is 962. The zero-order valence-corrected chi connectivity index (χ0v) is 13.7. The highest BCUT2D eigenvalue weighted by Gasteiger charge is 2.18. The molecule has 9 heteroatoms. The molecule has 7 nitrogen and oxygen atoms in total. The predicted molar refractivity (Wildman–Crippen MR) is 88.3 cm³/mol. The second-order valence-electron chi connectivity index (χ2n) is 5.38. The number of aryl methyl sites for hydroxylation is 1. The molecule has 26 heavy (non-hydrogen) atoms. The van der Waals surface area contributed by atoms with Crippen LogP contribution in [0.15, 0.2) is 36.7 Å². The van der Waals surface area contributed by atoms with Crippen LogP contribution in [0.25, 0.3) is 11.4 Å². The molecule has 0 aliphatic rings. The molecule has 3 rings (SSSR count). The average molecular weight is 356 g/mol. The van der Waals surface area contributed by atoms with Gasteiger partial charge >= 0.3 is 0 Å². The highest BCUT2D eigenvalue weighted by atomic mass is 19.3. The lowest BCUT2D eigenvalue weighted by atomic mass is 10.1. The van der Waals surface area contributed by atoms with Crippen LogP contribution in [0.4, 0.5) is 8.78 Å². The van der Waals surface area contributed by atoms with Crippen LogP contribution in [0.5, 0.6) is 11.6 Å². The van der Waals surface area contributed by atoms with Gasteiger partial charge in [-0.15, -0.1) is 0 Å². The molecule has 2 N–H and O–H groups in total. The van der Waals surface area contributed by atoms with Crippen molar-refractivity contribution < 1.29 is 13.5 Å². The molecular formula is C17H14F2N6O. The number of alkyl halides is 2. The highest BCUT2D eigenvalue weighted by Crippen LogP contribution is 2.33. The lowest BCUT2D eigenvalue weighted by Gasteiger charge is -2.11. The Hall–Kier alpha value is -3.38. The van der Waals surface area contributed by atoms with Crippen LogP contribution in [-0.4, -0.2) is 19.7 Å². The number of hydrogen-bond donors (Lipinski definition) is 1. The molecule has 1 aromatic carbocycles. The monoisotopic (exact) mass is 356 g/mol. The Balaban J connectivity index is 2.03. The molecule has 0 aliphatic heterocycles. The quantitative estimate of drug-likeness (QED) is 0.754. The number of ether oxygens (including phenoxy) is 1. The fourth-order valence-electron chi connectivity index (χ4n) is 2.25. The van der Waals surface area contributed by atoms with Crippen molar-refractivity contribution in [2.24, 2.45) is 12.8 Å². The third kappa shape index (κ3) is 3.50. The average Bonchev–Trinajstić information content (AvgIpc) is 3.02. The summed E-state index contributed by atoms with van der Waals surface area (Å²) in [7, 11) is 1.49. The van der Waals surface area contributed by atoms with Crippen LogP contribution in [0, 0.1) is 11.3 Å². The van der Waals surface area contributed by atoms with Crippen LogP contribution in [-0.2, 0) is 13.6 Å². The number of aromatic nitrogens is 4. The molecule has 0 unspecified atom stereocenters. The second-order valence-corrected chi connectivity index (χ2v) is 5.38. The molecule has 0 amide bonds. The summed E-state index contributed by atoms with van der Waals surface area (Å²) in [6.45, 7) is 0.308. The Morgan fingerprint density at radius 2 is 2.00 bits per heavy atom. The van der Waals surface area contributed by atoms with Crippen molar-refractivity contribution in [3.63, 3.8) is 0 Å². The highest BCUT2D eigenvalue weighted by molar-refractivity contribution is 5.66. The summed E-state index contributed by atoms with van der Waals surface area (Å²) >= 11 is 0. The number of nitriles is 1. The molecule has 0 saturated carbocycles. The minimum absolute atomic E-state index is 0.107. The first-order valence-electron chi connectivity index (χ1n) is 7.57. The van der Waals surface area contributed by atoms with Crippen molar-refractivity contribution >= 4 is 0 Å². The zero-order valence-electron chi connectivity index (χ0n) is 13.7. The first-order chi connectivity index (χ1) is 12.5. The lowest BCUT2D eigenvalue weighted by molar-refractivity contribution is 0.145. The van der Waals surface area contributed by atoms with Crippen molar-refractivity contribution in [1.82, 2.24) is 19.7 Å². The lowest BCUT2D eigenvalue weighted by Crippen LogP contribution is -2.01. The topological polar surface area (TPSA) is 103 Å². The normalized spacial score (nSPS) is 10.8. The summed E-state index contributed by atoms with van der Waals surface area (Å²) in [6.07, 6.45) is 0.461. The largest absolute Gasteiger partial charge is 0.438 e. The van der Waals surface area contributed by atoms with E-state index in [0.717, 1.165) is 11.6 Å². The van der Waals surface area contributed by atoms with Crippen molar-refractivity contribution in [3.8, 4) is 29.1 Å². The van der Waals surface area contributed by atoms with Crippen LogP contribution in [0.3, 0.4) is 0 Å². The van der Waals surface area contributed by atoms with E-state index in [1.54, 1.807) is 24.5 Å². The van der Waals surface area contributed by atoms with Crippen LogP contribution < -0.4 is 10.5 Å². The van der Waals surface area contributed by atoms with Gasteiger partial charge in [-0.2, -0.15) is 10.4 Å². The van der Waals surface area contributed by atoms with Crippen molar-refractivity contribution in [1.29, 1.82) is 5.26 Å². The third-order valence-corrected chi connectivity index (χ3v) is 3.59. The molecule has 0 bridgehead atoms. The summed E-state index contributed by atoms with van der Waals surface area (Å²) in [5, 5.41) is 12.8. The number of hydrogen-bond acceptors (Lipinski definition) is 6. The van der Waals surface area contributed by atoms with Crippen LogP contribution >= 0.6 is 0 Å². The zero-order chi connectivity index (χ0) is 18.7. The standard InChI is InChI=1S/C17H14F2N6O/c1-25-15(5-13(24-25)16(18)19)26-14-4-10(6-20)2-3-12(14)17-22-8-11(7-21)9-23-17/h2-5,8-9,16H,7,21H2,1H3. The van der Waals surface area contributed by atoms with Crippen LogP contribution in [0.1, 0.15) is 23.2 Å². The smallest absolute Gasteiger partial charge is 0.282 e. The van der Waals surface area contributed by atoms with E-state index >= 15 is 0 Å². The summed E-state index contributed by atoms with van der Waals surface area (Å²) < 4.78 is 32.6. The summed E-state index contributed by atoms with van der Waals surface area (Å²) in [5.74, 6) is 0.724. The van der Waals surface area contributed by atoms with E-state index in [2.05, 4.69) is 15.1 Å². The fraction of sp³-hybridized carbons (Fsp3) is 0.176. The summed E-state index contributed by atoms with van der Waals surface area (Å²) in [4.78, 5) is 8.47. The maximum absolute atomic E-state index is 12.8. The first-order valence-corrected chi connectivity index (χ1v) is 7.57. The molecule has 0 atom stereocenters. The summed E-state index contributed by atoms with van der Waals surface area (Å²) in [5.41, 5.74) is 6.76. The Morgan fingerprint density at radius 1 is 1.27 bits per heavy atom.